The number of allylic oxidation sites excluding steroid dienone is 2. The number of hydrogen-bond donors (Lipinski definition) is 1. The molecule has 0 amide bonds. The van der Waals surface area contributed by atoms with Gasteiger partial charge in [-0.25, -0.2) is 9.59 Å². The lowest BCUT2D eigenvalue weighted by molar-refractivity contribution is -0.870. The highest BCUT2D eigenvalue weighted by Crippen LogP contribution is 2.44. The Labute approximate surface area is 205 Å². The fourth-order valence-electron chi connectivity index (χ4n) is 4.25. The fraction of sp³-hybridized carbons (Fsp3) is 0.538. The van der Waals surface area contributed by atoms with E-state index in [0.29, 0.717) is 17.8 Å². The molecule has 0 spiro atoms. The van der Waals surface area contributed by atoms with Crippen molar-refractivity contribution in [3.05, 3.63) is 57.9 Å². The molecule has 0 fully saturated rings. The van der Waals surface area contributed by atoms with Crippen LogP contribution in [0.3, 0.4) is 0 Å². The standard InChI is InChI=1S/C26H35F3N2O4/c1-17-21(24(32)34-6)23(19-13-9-10-14-20(19)26(27,28)29)22(18(2)30-17)25(33)35-16-12-8-7-11-15-31(3,4)5/h9-10,13-14,23H,7-8,11-12,15-16H2,1-6H3/p+1. The SMILES string of the molecule is COC(=O)C1=C(C)NC(C)=C(C(=O)OCCCCCC[N+](C)(C)C)C1c1ccccc1C(F)(F)F. The van der Waals surface area contributed by atoms with Crippen molar-refractivity contribution in [1.82, 2.24) is 5.32 Å². The molecule has 0 aliphatic carbocycles. The number of alkyl halides is 3. The van der Waals surface area contributed by atoms with Crippen LogP contribution in [0.1, 0.15) is 56.6 Å². The van der Waals surface area contributed by atoms with Crippen LogP contribution < -0.4 is 5.32 Å². The number of ether oxygens (including phenoxy) is 2. The highest BCUT2D eigenvalue weighted by molar-refractivity contribution is 6.00. The largest absolute Gasteiger partial charge is 0.466 e. The average Bonchev–Trinajstić information content (AvgIpc) is 2.76. The molecule has 9 heteroatoms. The van der Waals surface area contributed by atoms with E-state index in [1.54, 1.807) is 13.8 Å². The zero-order valence-electron chi connectivity index (χ0n) is 21.3. The van der Waals surface area contributed by atoms with Crippen molar-refractivity contribution in [2.24, 2.45) is 0 Å². The molecule has 6 nitrogen and oxygen atoms in total. The van der Waals surface area contributed by atoms with Crippen LogP contribution in [0.25, 0.3) is 0 Å². The Morgan fingerprint density at radius 1 is 0.943 bits per heavy atom. The number of nitrogens with zero attached hydrogens (tertiary/aromatic N) is 1. The van der Waals surface area contributed by atoms with E-state index < -0.39 is 29.6 Å². The summed E-state index contributed by atoms with van der Waals surface area (Å²) in [5, 5.41) is 2.94. The molecule has 0 bridgehead atoms. The smallest absolute Gasteiger partial charge is 0.416 e. The molecule has 0 radical (unpaired) electrons. The lowest BCUT2D eigenvalue weighted by Gasteiger charge is -2.31. The van der Waals surface area contributed by atoms with Crippen molar-refractivity contribution in [3.8, 4) is 0 Å². The molecule has 1 heterocycles. The number of methoxy groups -OCH3 is 1. The summed E-state index contributed by atoms with van der Waals surface area (Å²) in [6.45, 7) is 4.34. The molecule has 1 aliphatic rings. The fourth-order valence-corrected chi connectivity index (χ4v) is 4.25. The minimum Gasteiger partial charge on any atom is -0.466 e. The molecular formula is C26H36F3N2O4+. The lowest BCUT2D eigenvalue weighted by Crippen LogP contribution is -2.35. The summed E-state index contributed by atoms with van der Waals surface area (Å²) in [5.74, 6) is -2.84. The van der Waals surface area contributed by atoms with E-state index in [1.165, 1.54) is 18.2 Å². The molecule has 35 heavy (non-hydrogen) atoms. The van der Waals surface area contributed by atoms with Gasteiger partial charge in [0.2, 0.25) is 0 Å². The average molecular weight is 498 g/mol. The minimum atomic E-state index is -4.68. The Kier molecular flexibility index (Phi) is 9.54. The molecule has 0 aromatic heterocycles. The Hall–Kier alpha value is -2.81. The van der Waals surface area contributed by atoms with Gasteiger partial charge in [-0.2, -0.15) is 13.2 Å². The van der Waals surface area contributed by atoms with Gasteiger partial charge < -0.3 is 19.3 Å². The summed E-state index contributed by atoms with van der Waals surface area (Å²) in [6.07, 6.45) is -1.12. The van der Waals surface area contributed by atoms with Crippen molar-refractivity contribution >= 4 is 11.9 Å². The number of halogens is 3. The number of quaternary nitrogens is 1. The highest BCUT2D eigenvalue weighted by Gasteiger charge is 2.43. The van der Waals surface area contributed by atoms with Gasteiger partial charge in [0, 0.05) is 11.4 Å². The predicted molar refractivity (Wildman–Crippen MR) is 127 cm³/mol. The van der Waals surface area contributed by atoms with Gasteiger partial charge in [-0.3, -0.25) is 0 Å². The molecule has 1 aromatic carbocycles. The summed E-state index contributed by atoms with van der Waals surface area (Å²) < 4.78 is 52.9. The maximum absolute atomic E-state index is 13.9. The van der Waals surface area contributed by atoms with E-state index in [4.69, 9.17) is 9.47 Å². The van der Waals surface area contributed by atoms with Gasteiger partial charge in [-0.1, -0.05) is 18.2 Å². The van der Waals surface area contributed by atoms with E-state index in [2.05, 4.69) is 26.5 Å². The second-order valence-corrected chi connectivity index (χ2v) is 9.78. The Morgan fingerprint density at radius 3 is 2.09 bits per heavy atom. The first-order valence-electron chi connectivity index (χ1n) is 11.7. The number of nitrogens with one attached hydrogen (secondary N) is 1. The summed E-state index contributed by atoms with van der Waals surface area (Å²) in [7, 11) is 7.53. The van der Waals surface area contributed by atoms with E-state index in [1.807, 2.05) is 0 Å². The number of unbranched alkanes of at least 4 members (excludes halogenated alkanes) is 3. The van der Waals surface area contributed by atoms with Gasteiger partial charge in [-0.15, -0.1) is 0 Å². The van der Waals surface area contributed by atoms with Gasteiger partial charge in [0.05, 0.1) is 64.0 Å². The second-order valence-electron chi connectivity index (χ2n) is 9.78. The molecule has 2 rings (SSSR count). The monoisotopic (exact) mass is 497 g/mol. The first-order valence-corrected chi connectivity index (χ1v) is 11.7. The quantitative estimate of drug-likeness (QED) is 0.282. The summed E-state index contributed by atoms with van der Waals surface area (Å²) in [5.41, 5.74) is -0.542. The third-order valence-corrected chi connectivity index (χ3v) is 5.92. The van der Waals surface area contributed by atoms with Gasteiger partial charge in [0.15, 0.2) is 0 Å². The first kappa shape index (κ1) is 28.4. The van der Waals surface area contributed by atoms with Gasteiger partial charge in [0.25, 0.3) is 0 Å². The zero-order valence-corrected chi connectivity index (χ0v) is 21.3. The molecule has 1 unspecified atom stereocenters. The van der Waals surface area contributed by atoms with Crippen LogP contribution in [0.4, 0.5) is 13.2 Å². The van der Waals surface area contributed by atoms with E-state index in [0.717, 1.165) is 43.5 Å². The topological polar surface area (TPSA) is 64.6 Å². The van der Waals surface area contributed by atoms with Crippen LogP contribution >= 0.6 is 0 Å². The summed E-state index contributed by atoms with van der Waals surface area (Å²) in [4.78, 5) is 25.8. The van der Waals surface area contributed by atoms with Crippen LogP contribution in [0.15, 0.2) is 46.8 Å². The maximum atomic E-state index is 13.9. The van der Waals surface area contributed by atoms with Crippen LogP contribution in [-0.4, -0.2) is 57.8 Å². The molecule has 0 saturated heterocycles. The third-order valence-electron chi connectivity index (χ3n) is 5.92. The predicted octanol–water partition coefficient (Wildman–Crippen LogP) is 4.92. The molecule has 1 aliphatic heterocycles. The van der Waals surface area contributed by atoms with Crippen molar-refractivity contribution < 1.29 is 36.7 Å². The zero-order chi connectivity index (χ0) is 26.4. The Bertz CT molecular complexity index is 991. The molecule has 1 aromatic rings. The van der Waals surface area contributed by atoms with Crippen molar-refractivity contribution in [1.29, 1.82) is 0 Å². The number of carbonyl (C=O) groups is 2. The summed E-state index contributed by atoms with van der Waals surface area (Å²) >= 11 is 0. The second kappa shape index (κ2) is 11.7. The maximum Gasteiger partial charge on any atom is 0.416 e. The van der Waals surface area contributed by atoms with Crippen LogP contribution in [0.2, 0.25) is 0 Å². The lowest BCUT2D eigenvalue weighted by atomic mass is 9.78. The van der Waals surface area contributed by atoms with Crippen molar-refractivity contribution in [2.45, 2.75) is 51.6 Å². The number of esters is 2. The number of dihydropyridines is 1. The molecule has 194 valence electrons. The third kappa shape index (κ3) is 7.59. The number of hydrogen-bond acceptors (Lipinski definition) is 5. The van der Waals surface area contributed by atoms with E-state index in [9.17, 15) is 22.8 Å². The molecule has 1 N–H and O–H groups in total. The molecule has 1 atom stereocenters. The minimum absolute atomic E-state index is 0.0299. The number of carbonyl (C=O) groups excluding carboxylic acids is 2. The van der Waals surface area contributed by atoms with E-state index in [-0.39, 0.29) is 23.3 Å². The van der Waals surface area contributed by atoms with Crippen LogP contribution in [0, 0.1) is 0 Å². The van der Waals surface area contributed by atoms with Crippen molar-refractivity contribution in [2.75, 3.05) is 41.4 Å². The molecule has 0 saturated carbocycles. The summed E-state index contributed by atoms with van der Waals surface area (Å²) in [6, 6.07) is 4.94. The number of rotatable bonds is 10. The Balaban J connectivity index is 2.30. The Morgan fingerprint density at radius 2 is 1.51 bits per heavy atom. The van der Waals surface area contributed by atoms with Gasteiger partial charge in [0.1, 0.15) is 0 Å². The first-order chi connectivity index (χ1) is 16.3. The van der Waals surface area contributed by atoms with Gasteiger partial charge in [-0.05, 0) is 51.2 Å². The highest BCUT2D eigenvalue weighted by atomic mass is 19.4. The van der Waals surface area contributed by atoms with Gasteiger partial charge >= 0.3 is 18.1 Å². The van der Waals surface area contributed by atoms with E-state index >= 15 is 0 Å². The molecular weight excluding hydrogens is 461 g/mol. The number of benzene rings is 1. The van der Waals surface area contributed by atoms with Crippen molar-refractivity contribution in [3.63, 3.8) is 0 Å². The van der Waals surface area contributed by atoms with Crippen LogP contribution in [-0.2, 0) is 25.2 Å². The van der Waals surface area contributed by atoms with Crippen LogP contribution in [0.5, 0.6) is 0 Å². The normalized spacial score (nSPS) is 16.8.